The van der Waals surface area contributed by atoms with Crippen molar-refractivity contribution in [2.75, 3.05) is 31.1 Å². The van der Waals surface area contributed by atoms with Gasteiger partial charge in [-0.15, -0.1) is 0 Å². The average Bonchev–Trinajstić information content (AvgIpc) is 2.49. The summed E-state index contributed by atoms with van der Waals surface area (Å²) in [5.74, 6) is 0.536. The van der Waals surface area contributed by atoms with Crippen molar-refractivity contribution in [3.8, 4) is 0 Å². The highest BCUT2D eigenvalue weighted by atomic mass is 32.2. The van der Waals surface area contributed by atoms with Gasteiger partial charge in [0, 0.05) is 18.8 Å². The molecule has 1 rings (SSSR count). The third-order valence-corrected chi connectivity index (χ3v) is 4.76. The lowest BCUT2D eigenvalue weighted by Gasteiger charge is -2.11. The molecule has 0 aliphatic rings. The molecule has 0 amide bonds. The Kier molecular flexibility index (Phi) is 7.87. The number of aliphatic imine (C=N–C) groups is 1. The summed E-state index contributed by atoms with van der Waals surface area (Å²) in [5, 5.41) is 6.20. The molecule has 0 aromatic heterocycles. The number of rotatable bonds is 8. The number of hydrogen-bond acceptors (Lipinski definition) is 3. The molecule has 0 saturated carbocycles. The molecule has 0 unspecified atom stereocenters. The summed E-state index contributed by atoms with van der Waals surface area (Å²) in [6.45, 7) is 5.15. The summed E-state index contributed by atoms with van der Waals surface area (Å²) in [6.07, 6.45) is 0.734. The fourth-order valence-electron chi connectivity index (χ4n) is 1.76. The van der Waals surface area contributed by atoms with Gasteiger partial charge in [-0.2, -0.15) is 0 Å². The van der Waals surface area contributed by atoms with Crippen LogP contribution in [-0.4, -0.2) is 45.5 Å². The Morgan fingerprint density at radius 3 is 2.45 bits per heavy atom. The van der Waals surface area contributed by atoms with Crippen molar-refractivity contribution in [2.24, 2.45) is 4.99 Å². The van der Waals surface area contributed by atoms with Crippen LogP contribution in [-0.2, 0) is 16.3 Å². The molecular weight excluding hydrogens is 305 g/mol. The standard InChI is InChI=1S/C15H24FN3O2S/c1-3-17-15(19-11-12-22(20,21)4-2)18-10-9-13-5-7-14(16)8-6-13/h5-8H,3-4,9-12H2,1-2H3,(H2,17,18,19). The maximum atomic E-state index is 12.8. The van der Waals surface area contributed by atoms with Crippen molar-refractivity contribution in [3.05, 3.63) is 35.6 Å². The van der Waals surface area contributed by atoms with Crippen molar-refractivity contribution >= 4 is 15.8 Å². The van der Waals surface area contributed by atoms with Crippen LogP contribution in [0.25, 0.3) is 0 Å². The van der Waals surface area contributed by atoms with Crippen molar-refractivity contribution < 1.29 is 12.8 Å². The molecule has 0 saturated heterocycles. The Morgan fingerprint density at radius 2 is 1.86 bits per heavy atom. The number of benzene rings is 1. The van der Waals surface area contributed by atoms with Gasteiger partial charge in [0.2, 0.25) is 0 Å². The Balaban J connectivity index is 2.44. The lowest BCUT2D eigenvalue weighted by Crippen LogP contribution is -2.38. The second-order valence-corrected chi connectivity index (χ2v) is 7.27. The summed E-state index contributed by atoms with van der Waals surface area (Å²) in [4.78, 5) is 4.25. The Bertz CT molecular complexity index is 571. The Hall–Kier alpha value is -1.63. The first-order chi connectivity index (χ1) is 10.5. The van der Waals surface area contributed by atoms with Crippen LogP contribution in [0.3, 0.4) is 0 Å². The monoisotopic (exact) mass is 329 g/mol. The highest BCUT2D eigenvalue weighted by Crippen LogP contribution is 2.02. The minimum absolute atomic E-state index is 0.0536. The van der Waals surface area contributed by atoms with E-state index in [4.69, 9.17) is 0 Å². The summed E-state index contributed by atoms with van der Waals surface area (Å²) in [7, 11) is -3.00. The maximum absolute atomic E-state index is 12.8. The molecule has 1 aromatic rings. The van der Waals surface area contributed by atoms with E-state index in [1.807, 2.05) is 6.92 Å². The lowest BCUT2D eigenvalue weighted by atomic mass is 10.1. The molecule has 0 spiro atoms. The first-order valence-electron chi connectivity index (χ1n) is 7.44. The van der Waals surface area contributed by atoms with Gasteiger partial charge < -0.3 is 10.6 Å². The van der Waals surface area contributed by atoms with E-state index in [-0.39, 0.29) is 23.9 Å². The molecule has 124 valence electrons. The largest absolute Gasteiger partial charge is 0.357 e. The first kappa shape index (κ1) is 18.4. The number of sulfone groups is 1. The second-order valence-electron chi connectivity index (χ2n) is 4.80. The zero-order valence-electron chi connectivity index (χ0n) is 13.1. The molecule has 0 heterocycles. The van der Waals surface area contributed by atoms with E-state index < -0.39 is 9.84 Å². The van der Waals surface area contributed by atoms with Gasteiger partial charge in [-0.1, -0.05) is 19.1 Å². The predicted molar refractivity (Wildman–Crippen MR) is 88.4 cm³/mol. The fraction of sp³-hybridized carbons (Fsp3) is 0.533. The van der Waals surface area contributed by atoms with E-state index >= 15 is 0 Å². The topological polar surface area (TPSA) is 70.6 Å². The highest BCUT2D eigenvalue weighted by molar-refractivity contribution is 7.91. The molecule has 0 atom stereocenters. The van der Waals surface area contributed by atoms with Crippen LogP contribution in [0.2, 0.25) is 0 Å². The molecule has 7 heteroatoms. The van der Waals surface area contributed by atoms with E-state index in [9.17, 15) is 12.8 Å². The van der Waals surface area contributed by atoms with Crippen molar-refractivity contribution in [2.45, 2.75) is 20.3 Å². The molecule has 0 aliphatic carbocycles. The Labute approximate surface area is 132 Å². The van der Waals surface area contributed by atoms with Crippen LogP contribution in [0.15, 0.2) is 29.3 Å². The summed E-state index contributed by atoms with van der Waals surface area (Å²) in [5.41, 5.74) is 1.03. The van der Waals surface area contributed by atoms with Gasteiger partial charge in [-0.3, -0.25) is 4.99 Å². The van der Waals surface area contributed by atoms with Crippen LogP contribution in [0.4, 0.5) is 4.39 Å². The van der Waals surface area contributed by atoms with Crippen LogP contribution >= 0.6 is 0 Å². The molecule has 5 nitrogen and oxygen atoms in total. The van der Waals surface area contributed by atoms with Crippen LogP contribution in [0.1, 0.15) is 19.4 Å². The molecule has 0 radical (unpaired) electrons. The van der Waals surface area contributed by atoms with E-state index in [2.05, 4.69) is 15.6 Å². The number of guanidine groups is 1. The quantitative estimate of drug-likeness (QED) is 0.558. The van der Waals surface area contributed by atoms with Crippen LogP contribution in [0, 0.1) is 5.82 Å². The van der Waals surface area contributed by atoms with Gasteiger partial charge in [0.05, 0.1) is 12.3 Å². The van der Waals surface area contributed by atoms with Crippen LogP contribution in [0.5, 0.6) is 0 Å². The Morgan fingerprint density at radius 1 is 1.18 bits per heavy atom. The second kappa shape index (κ2) is 9.40. The summed E-state index contributed by atoms with van der Waals surface area (Å²) >= 11 is 0. The minimum atomic E-state index is -3.00. The van der Waals surface area contributed by atoms with E-state index in [0.29, 0.717) is 19.0 Å². The van der Waals surface area contributed by atoms with Crippen LogP contribution < -0.4 is 10.6 Å². The van der Waals surface area contributed by atoms with Gasteiger partial charge in [0.15, 0.2) is 15.8 Å². The van der Waals surface area contributed by atoms with Gasteiger partial charge in [0.1, 0.15) is 5.82 Å². The molecule has 1 aromatic carbocycles. The maximum Gasteiger partial charge on any atom is 0.191 e. The molecule has 22 heavy (non-hydrogen) atoms. The molecule has 0 bridgehead atoms. The van der Waals surface area contributed by atoms with E-state index in [1.54, 1.807) is 19.1 Å². The summed E-state index contributed by atoms with van der Waals surface area (Å²) in [6, 6.07) is 6.36. The zero-order chi connectivity index (χ0) is 16.4. The molecule has 0 aliphatic heterocycles. The highest BCUT2D eigenvalue weighted by Gasteiger charge is 2.06. The molecular formula is C15H24FN3O2S. The normalized spacial score (nSPS) is 12.2. The van der Waals surface area contributed by atoms with Gasteiger partial charge in [-0.05, 0) is 31.0 Å². The van der Waals surface area contributed by atoms with E-state index in [0.717, 1.165) is 12.0 Å². The van der Waals surface area contributed by atoms with Gasteiger partial charge in [0.25, 0.3) is 0 Å². The minimum Gasteiger partial charge on any atom is -0.357 e. The number of halogens is 1. The number of nitrogens with one attached hydrogen (secondary N) is 2. The number of nitrogens with zero attached hydrogens (tertiary/aromatic N) is 1. The smallest absolute Gasteiger partial charge is 0.191 e. The SMILES string of the molecule is CCNC(=NCCS(=O)(=O)CC)NCCc1ccc(F)cc1. The molecule has 2 N–H and O–H groups in total. The number of hydrogen-bond donors (Lipinski definition) is 2. The predicted octanol–water partition coefficient (Wildman–Crippen LogP) is 1.36. The zero-order valence-corrected chi connectivity index (χ0v) is 13.9. The lowest BCUT2D eigenvalue weighted by molar-refractivity contribution is 0.597. The van der Waals surface area contributed by atoms with Crippen molar-refractivity contribution in [3.63, 3.8) is 0 Å². The third kappa shape index (κ3) is 7.40. The van der Waals surface area contributed by atoms with Crippen molar-refractivity contribution in [1.29, 1.82) is 0 Å². The van der Waals surface area contributed by atoms with E-state index in [1.165, 1.54) is 12.1 Å². The van der Waals surface area contributed by atoms with Gasteiger partial charge >= 0.3 is 0 Å². The summed E-state index contributed by atoms with van der Waals surface area (Å²) < 4.78 is 35.7. The van der Waals surface area contributed by atoms with Crippen molar-refractivity contribution in [1.82, 2.24) is 10.6 Å². The fourth-order valence-corrected chi connectivity index (χ4v) is 2.42. The van der Waals surface area contributed by atoms with Gasteiger partial charge in [-0.25, -0.2) is 12.8 Å². The first-order valence-corrected chi connectivity index (χ1v) is 9.26. The third-order valence-electron chi connectivity index (χ3n) is 3.08. The molecule has 0 fully saturated rings. The average molecular weight is 329 g/mol.